The highest BCUT2D eigenvalue weighted by molar-refractivity contribution is 7.17. The van der Waals surface area contributed by atoms with Crippen LogP contribution in [0.2, 0.25) is 0 Å². The lowest BCUT2D eigenvalue weighted by Crippen LogP contribution is -2.27. The Bertz CT molecular complexity index is 856. The topological polar surface area (TPSA) is 99.5 Å². The van der Waals surface area contributed by atoms with E-state index in [0.717, 1.165) is 11.3 Å². The van der Waals surface area contributed by atoms with E-state index in [1.54, 1.807) is 39.8 Å². The third-order valence-electron chi connectivity index (χ3n) is 3.17. The molecule has 2 heterocycles. The summed E-state index contributed by atoms with van der Waals surface area (Å²) in [6.07, 6.45) is 1.26. The zero-order chi connectivity index (χ0) is 19.3. The molecule has 0 bridgehead atoms. The number of ether oxygens (including phenoxy) is 2. The van der Waals surface area contributed by atoms with Crippen LogP contribution < -0.4 is 15.6 Å². The van der Waals surface area contributed by atoms with Crippen LogP contribution in [0.25, 0.3) is 0 Å². The molecule has 1 N–H and O–H groups in total. The number of hydrogen-bond donors (Lipinski definition) is 1. The molecule has 0 fully saturated rings. The summed E-state index contributed by atoms with van der Waals surface area (Å²) < 4.78 is 11.6. The second kappa shape index (κ2) is 8.61. The number of esters is 1. The van der Waals surface area contributed by atoms with Gasteiger partial charge in [0.25, 0.3) is 5.56 Å². The van der Waals surface area contributed by atoms with Gasteiger partial charge in [0.2, 0.25) is 5.91 Å². The molecule has 0 aliphatic carbocycles. The largest absolute Gasteiger partial charge is 0.488 e. The quantitative estimate of drug-likeness (QED) is 0.741. The van der Waals surface area contributed by atoms with Crippen molar-refractivity contribution in [3.63, 3.8) is 0 Å². The maximum Gasteiger partial charge on any atom is 0.350 e. The molecule has 0 saturated carbocycles. The number of aryl methyl sites for hydroxylation is 1. The second-order valence-corrected chi connectivity index (χ2v) is 6.67. The van der Waals surface area contributed by atoms with Crippen LogP contribution in [-0.2, 0) is 16.1 Å². The first-order valence-corrected chi connectivity index (χ1v) is 8.94. The van der Waals surface area contributed by atoms with Crippen molar-refractivity contribution in [1.82, 2.24) is 9.55 Å². The fraction of sp³-hybridized carbons (Fsp3) is 0.412. The summed E-state index contributed by atoms with van der Waals surface area (Å²) in [5, 5.41) is 2.87. The number of carbonyl (C=O) groups is 2. The van der Waals surface area contributed by atoms with Gasteiger partial charge in [0.1, 0.15) is 11.4 Å². The number of anilines is 1. The summed E-state index contributed by atoms with van der Waals surface area (Å²) in [5.74, 6) is -0.721. The van der Waals surface area contributed by atoms with Crippen molar-refractivity contribution < 1.29 is 19.1 Å². The van der Waals surface area contributed by atoms with Gasteiger partial charge in [-0.2, -0.15) is 0 Å². The van der Waals surface area contributed by atoms with E-state index >= 15 is 0 Å². The minimum atomic E-state index is -0.476. The summed E-state index contributed by atoms with van der Waals surface area (Å²) in [6.45, 7) is 7.12. The second-order valence-electron chi connectivity index (χ2n) is 5.67. The highest BCUT2D eigenvalue weighted by Crippen LogP contribution is 2.23. The summed E-state index contributed by atoms with van der Waals surface area (Å²) in [4.78, 5) is 40.9. The lowest BCUT2D eigenvalue weighted by molar-refractivity contribution is -0.116. The van der Waals surface area contributed by atoms with Crippen molar-refractivity contribution in [2.75, 3.05) is 11.9 Å². The van der Waals surface area contributed by atoms with Gasteiger partial charge in [-0.15, -0.1) is 0 Å². The minimum Gasteiger partial charge on any atom is -0.488 e. The van der Waals surface area contributed by atoms with Gasteiger partial charge in [0.15, 0.2) is 10.9 Å². The van der Waals surface area contributed by atoms with Crippen LogP contribution in [0.3, 0.4) is 0 Å². The molecule has 8 nitrogen and oxygen atoms in total. The molecule has 1 amide bonds. The van der Waals surface area contributed by atoms with Gasteiger partial charge in [0.05, 0.1) is 18.4 Å². The Labute approximate surface area is 154 Å². The lowest BCUT2D eigenvalue weighted by atomic mass is 10.4. The van der Waals surface area contributed by atoms with Crippen LogP contribution in [0.4, 0.5) is 5.13 Å². The predicted octanol–water partition coefficient (Wildman–Crippen LogP) is 2.22. The van der Waals surface area contributed by atoms with Crippen molar-refractivity contribution in [3.05, 3.63) is 39.3 Å². The number of carbonyl (C=O) groups excluding carboxylic acids is 2. The molecule has 0 aromatic carbocycles. The third kappa shape index (κ3) is 4.92. The Morgan fingerprint density at radius 2 is 2.12 bits per heavy atom. The summed E-state index contributed by atoms with van der Waals surface area (Å²) in [7, 11) is 0. The molecule has 140 valence electrons. The summed E-state index contributed by atoms with van der Waals surface area (Å²) in [6, 6.07) is 3.18. The number of nitrogens with one attached hydrogen (secondary N) is 1. The van der Waals surface area contributed by atoms with Crippen LogP contribution in [-0.4, -0.2) is 34.1 Å². The zero-order valence-corrected chi connectivity index (χ0v) is 15.9. The van der Waals surface area contributed by atoms with Gasteiger partial charge >= 0.3 is 5.97 Å². The Kier molecular flexibility index (Phi) is 6.51. The average Bonchev–Trinajstić information content (AvgIpc) is 2.91. The molecule has 0 aliphatic rings. The fourth-order valence-electron chi connectivity index (χ4n) is 2.13. The molecule has 0 atom stereocenters. The molecule has 0 saturated heterocycles. The van der Waals surface area contributed by atoms with Crippen molar-refractivity contribution in [2.24, 2.45) is 0 Å². The van der Waals surface area contributed by atoms with E-state index in [4.69, 9.17) is 9.47 Å². The van der Waals surface area contributed by atoms with Crippen LogP contribution in [0.1, 0.15) is 36.1 Å². The highest BCUT2D eigenvalue weighted by atomic mass is 32.1. The first kappa shape index (κ1) is 19.6. The van der Waals surface area contributed by atoms with E-state index in [-0.39, 0.29) is 29.1 Å². The number of nitrogens with zero attached hydrogens (tertiary/aromatic N) is 2. The van der Waals surface area contributed by atoms with Gasteiger partial charge in [-0.25, -0.2) is 9.78 Å². The van der Waals surface area contributed by atoms with E-state index in [2.05, 4.69) is 10.3 Å². The molecule has 2 aromatic rings. The average molecular weight is 379 g/mol. The zero-order valence-electron chi connectivity index (χ0n) is 15.1. The summed E-state index contributed by atoms with van der Waals surface area (Å²) in [5.41, 5.74) is 0.0903. The van der Waals surface area contributed by atoms with Crippen LogP contribution >= 0.6 is 11.3 Å². The number of amides is 1. The molecule has 9 heteroatoms. The maximum atomic E-state index is 12.2. The number of pyridine rings is 1. The normalized spacial score (nSPS) is 10.7. The SMILES string of the molecule is CCOc1cccn(CC(=O)Nc2nc(C)c(C(=O)OC(C)C)s2)c1=O. The van der Waals surface area contributed by atoms with Crippen molar-refractivity contribution in [3.8, 4) is 5.75 Å². The lowest BCUT2D eigenvalue weighted by Gasteiger charge is -2.08. The van der Waals surface area contributed by atoms with Gasteiger partial charge < -0.3 is 19.4 Å². The number of hydrogen-bond acceptors (Lipinski definition) is 7. The predicted molar refractivity (Wildman–Crippen MR) is 97.9 cm³/mol. The van der Waals surface area contributed by atoms with Crippen LogP contribution in [0, 0.1) is 6.92 Å². The standard InChI is InChI=1S/C17H21N3O5S/c1-5-24-12-7-6-8-20(15(12)22)9-13(21)19-17-18-11(4)14(26-17)16(23)25-10(2)3/h6-8,10H,5,9H2,1-4H3,(H,18,19,21). The monoisotopic (exact) mass is 379 g/mol. The van der Waals surface area contributed by atoms with Gasteiger partial charge in [0, 0.05) is 6.20 Å². The Balaban J connectivity index is 2.08. The van der Waals surface area contributed by atoms with Crippen LogP contribution in [0.5, 0.6) is 5.75 Å². The molecule has 0 aliphatic heterocycles. The van der Waals surface area contributed by atoms with Gasteiger partial charge in [-0.3, -0.25) is 9.59 Å². The minimum absolute atomic E-state index is 0.187. The van der Waals surface area contributed by atoms with Crippen molar-refractivity contribution in [1.29, 1.82) is 0 Å². The van der Waals surface area contributed by atoms with E-state index in [1.165, 1.54) is 10.8 Å². The van der Waals surface area contributed by atoms with Crippen molar-refractivity contribution in [2.45, 2.75) is 40.3 Å². The highest BCUT2D eigenvalue weighted by Gasteiger charge is 2.19. The molecule has 2 rings (SSSR count). The molecular weight excluding hydrogens is 358 g/mol. The first-order chi connectivity index (χ1) is 12.3. The number of rotatable bonds is 7. The molecule has 0 radical (unpaired) electrons. The third-order valence-corrected chi connectivity index (χ3v) is 4.22. The van der Waals surface area contributed by atoms with Crippen molar-refractivity contribution >= 4 is 28.3 Å². The Morgan fingerprint density at radius 3 is 2.77 bits per heavy atom. The smallest absolute Gasteiger partial charge is 0.350 e. The van der Waals surface area contributed by atoms with Gasteiger partial charge in [-0.1, -0.05) is 11.3 Å². The van der Waals surface area contributed by atoms with E-state index in [1.807, 2.05) is 0 Å². The van der Waals surface area contributed by atoms with E-state index in [0.29, 0.717) is 17.2 Å². The van der Waals surface area contributed by atoms with Gasteiger partial charge in [-0.05, 0) is 39.8 Å². The molecule has 0 unspecified atom stereocenters. The number of thiazole rings is 1. The van der Waals surface area contributed by atoms with E-state index < -0.39 is 11.9 Å². The molecular formula is C17H21N3O5S. The maximum absolute atomic E-state index is 12.2. The molecule has 0 spiro atoms. The Morgan fingerprint density at radius 1 is 1.38 bits per heavy atom. The summed E-state index contributed by atoms with van der Waals surface area (Å²) >= 11 is 1.03. The van der Waals surface area contributed by atoms with Crippen LogP contribution in [0.15, 0.2) is 23.1 Å². The molecule has 26 heavy (non-hydrogen) atoms. The number of aromatic nitrogens is 2. The molecule has 2 aromatic heterocycles. The Hall–Kier alpha value is -2.68. The first-order valence-electron chi connectivity index (χ1n) is 8.12. The fourth-order valence-corrected chi connectivity index (χ4v) is 2.99. The van der Waals surface area contributed by atoms with E-state index in [9.17, 15) is 14.4 Å².